The summed E-state index contributed by atoms with van der Waals surface area (Å²) in [7, 11) is 3.26. The van der Waals surface area contributed by atoms with E-state index in [0.717, 1.165) is 11.3 Å². The molecule has 0 saturated heterocycles. The first-order valence-corrected chi connectivity index (χ1v) is 6.36. The number of hydrogen-bond acceptors (Lipinski definition) is 3. The van der Waals surface area contributed by atoms with E-state index >= 15 is 0 Å². The molecule has 0 radical (unpaired) electrons. The number of methoxy groups -OCH3 is 2. The number of amides is 2. The van der Waals surface area contributed by atoms with Crippen LogP contribution in [-0.2, 0) is 11.3 Å². The van der Waals surface area contributed by atoms with Gasteiger partial charge in [-0.05, 0) is 24.6 Å². The molecule has 106 valence electrons. The van der Waals surface area contributed by atoms with Crippen molar-refractivity contribution in [3.63, 3.8) is 0 Å². The van der Waals surface area contributed by atoms with Crippen molar-refractivity contribution in [2.45, 2.75) is 13.5 Å². The molecule has 0 heterocycles. The Bertz CT molecular complexity index is 379. The number of ether oxygens (including phenoxy) is 2. The van der Waals surface area contributed by atoms with Crippen LogP contribution in [0.1, 0.15) is 12.5 Å². The van der Waals surface area contributed by atoms with E-state index in [0.29, 0.717) is 26.2 Å². The van der Waals surface area contributed by atoms with Gasteiger partial charge >= 0.3 is 6.03 Å². The Morgan fingerprint density at radius 2 is 1.95 bits per heavy atom. The lowest BCUT2D eigenvalue weighted by Crippen LogP contribution is -2.41. The summed E-state index contributed by atoms with van der Waals surface area (Å²) >= 11 is 0. The van der Waals surface area contributed by atoms with E-state index in [9.17, 15) is 4.79 Å². The number of carbonyl (C=O) groups excluding carboxylic acids is 1. The molecule has 0 aliphatic rings. The fraction of sp³-hybridized carbons (Fsp3) is 0.500. The number of hydrogen-bond donors (Lipinski definition) is 1. The minimum atomic E-state index is -0.0737. The molecule has 0 bridgehead atoms. The molecule has 1 aromatic carbocycles. The van der Waals surface area contributed by atoms with Gasteiger partial charge in [-0.1, -0.05) is 12.1 Å². The normalized spacial score (nSPS) is 10.1. The summed E-state index contributed by atoms with van der Waals surface area (Å²) in [6, 6.07) is 7.62. The van der Waals surface area contributed by atoms with Crippen LogP contribution in [0.15, 0.2) is 24.3 Å². The number of rotatable bonds is 7. The molecule has 1 aromatic rings. The lowest BCUT2D eigenvalue weighted by molar-refractivity contribution is 0.147. The minimum absolute atomic E-state index is 0.0737. The van der Waals surface area contributed by atoms with Crippen LogP contribution in [0.25, 0.3) is 0 Å². The largest absolute Gasteiger partial charge is 0.497 e. The van der Waals surface area contributed by atoms with Crippen LogP contribution < -0.4 is 10.1 Å². The van der Waals surface area contributed by atoms with E-state index in [-0.39, 0.29) is 6.03 Å². The minimum Gasteiger partial charge on any atom is -0.497 e. The lowest BCUT2D eigenvalue weighted by atomic mass is 10.2. The molecule has 0 unspecified atom stereocenters. The topological polar surface area (TPSA) is 50.8 Å². The standard InChI is InChI=1S/C14H22N2O3/c1-4-15-14(17)16(9-10-18-2)11-12-5-7-13(19-3)8-6-12/h5-8H,4,9-11H2,1-3H3,(H,15,17). The van der Waals surface area contributed by atoms with Gasteiger partial charge in [-0.2, -0.15) is 0 Å². The van der Waals surface area contributed by atoms with Gasteiger partial charge in [-0.3, -0.25) is 0 Å². The molecule has 19 heavy (non-hydrogen) atoms. The van der Waals surface area contributed by atoms with Crippen LogP contribution in [0, 0.1) is 0 Å². The third kappa shape index (κ3) is 5.18. The molecular formula is C14H22N2O3. The smallest absolute Gasteiger partial charge is 0.317 e. The third-order valence-corrected chi connectivity index (χ3v) is 2.71. The Hall–Kier alpha value is -1.75. The molecular weight excluding hydrogens is 244 g/mol. The Balaban J connectivity index is 2.66. The van der Waals surface area contributed by atoms with Crippen LogP contribution in [0.4, 0.5) is 4.79 Å². The summed E-state index contributed by atoms with van der Waals surface area (Å²) in [5.41, 5.74) is 1.06. The molecule has 2 amide bonds. The van der Waals surface area contributed by atoms with Crippen LogP contribution in [0.2, 0.25) is 0 Å². The van der Waals surface area contributed by atoms with Gasteiger partial charge < -0.3 is 19.7 Å². The van der Waals surface area contributed by atoms with Crippen molar-refractivity contribution in [1.82, 2.24) is 10.2 Å². The quantitative estimate of drug-likeness (QED) is 0.819. The second-order valence-electron chi connectivity index (χ2n) is 4.10. The van der Waals surface area contributed by atoms with Gasteiger partial charge in [-0.15, -0.1) is 0 Å². The predicted molar refractivity (Wildman–Crippen MR) is 74.4 cm³/mol. The van der Waals surface area contributed by atoms with Gasteiger partial charge in [0.05, 0.1) is 13.7 Å². The predicted octanol–water partition coefficient (Wildman–Crippen LogP) is 1.87. The highest BCUT2D eigenvalue weighted by atomic mass is 16.5. The Kier molecular flexibility index (Phi) is 6.74. The Morgan fingerprint density at radius 3 is 2.47 bits per heavy atom. The zero-order valence-corrected chi connectivity index (χ0v) is 11.8. The summed E-state index contributed by atoms with van der Waals surface area (Å²) in [6.45, 7) is 4.16. The second-order valence-corrected chi connectivity index (χ2v) is 4.10. The average Bonchev–Trinajstić information content (AvgIpc) is 2.44. The van der Waals surface area contributed by atoms with Gasteiger partial charge in [0.15, 0.2) is 0 Å². The highest BCUT2D eigenvalue weighted by molar-refractivity contribution is 5.74. The van der Waals surface area contributed by atoms with Crippen molar-refractivity contribution < 1.29 is 14.3 Å². The number of carbonyl (C=O) groups is 1. The van der Waals surface area contributed by atoms with E-state index < -0.39 is 0 Å². The average molecular weight is 266 g/mol. The van der Waals surface area contributed by atoms with Crippen molar-refractivity contribution in [2.24, 2.45) is 0 Å². The van der Waals surface area contributed by atoms with Crippen molar-refractivity contribution in [3.8, 4) is 5.75 Å². The van der Waals surface area contributed by atoms with Crippen molar-refractivity contribution in [3.05, 3.63) is 29.8 Å². The maximum Gasteiger partial charge on any atom is 0.317 e. The van der Waals surface area contributed by atoms with Gasteiger partial charge in [-0.25, -0.2) is 4.79 Å². The highest BCUT2D eigenvalue weighted by Gasteiger charge is 2.12. The molecule has 0 aliphatic heterocycles. The van der Waals surface area contributed by atoms with E-state index in [4.69, 9.17) is 9.47 Å². The summed E-state index contributed by atoms with van der Waals surface area (Å²) in [5, 5.41) is 2.80. The molecule has 5 heteroatoms. The molecule has 0 aliphatic carbocycles. The first kappa shape index (κ1) is 15.3. The zero-order chi connectivity index (χ0) is 14.1. The summed E-state index contributed by atoms with van der Waals surface area (Å²) < 4.78 is 10.1. The lowest BCUT2D eigenvalue weighted by Gasteiger charge is -2.22. The van der Waals surface area contributed by atoms with Gasteiger partial charge in [0.1, 0.15) is 5.75 Å². The summed E-state index contributed by atoms with van der Waals surface area (Å²) in [5.74, 6) is 0.810. The number of benzene rings is 1. The first-order valence-electron chi connectivity index (χ1n) is 6.36. The number of nitrogens with one attached hydrogen (secondary N) is 1. The number of nitrogens with zero attached hydrogens (tertiary/aromatic N) is 1. The van der Waals surface area contributed by atoms with E-state index in [1.165, 1.54) is 0 Å². The number of urea groups is 1. The molecule has 0 aromatic heterocycles. The second kappa shape index (κ2) is 8.37. The van der Waals surface area contributed by atoms with E-state index in [1.807, 2.05) is 31.2 Å². The Morgan fingerprint density at radius 1 is 1.26 bits per heavy atom. The SMILES string of the molecule is CCNC(=O)N(CCOC)Cc1ccc(OC)cc1. The Labute approximate surface area is 114 Å². The van der Waals surface area contributed by atoms with Crippen molar-refractivity contribution in [2.75, 3.05) is 33.9 Å². The molecule has 0 spiro atoms. The van der Waals surface area contributed by atoms with Crippen molar-refractivity contribution in [1.29, 1.82) is 0 Å². The summed E-state index contributed by atoms with van der Waals surface area (Å²) in [4.78, 5) is 13.6. The van der Waals surface area contributed by atoms with Crippen molar-refractivity contribution >= 4 is 6.03 Å². The van der Waals surface area contributed by atoms with Crippen LogP contribution >= 0.6 is 0 Å². The zero-order valence-electron chi connectivity index (χ0n) is 11.8. The highest BCUT2D eigenvalue weighted by Crippen LogP contribution is 2.13. The maximum absolute atomic E-state index is 11.9. The fourth-order valence-corrected chi connectivity index (χ4v) is 1.67. The molecule has 5 nitrogen and oxygen atoms in total. The summed E-state index contributed by atoms with van der Waals surface area (Å²) in [6.07, 6.45) is 0. The molecule has 0 saturated carbocycles. The maximum atomic E-state index is 11.9. The molecule has 0 atom stereocenters. The van der Waals surface area contributed by atoms with Gasteiger partial charge in [0, 0.05) is 26.7 Å². The molecule has 0 fully saturated rings. The third-order valence-electron chi connectivity index (χ3n) is 2.71. The fourth-order valence-electron chi connectivity index (χ4n) is 1.67. The molecule has 1 rings (SSSR count). The monoisotopic (exact) mass is 266 g/mol. The van der Waals surface area contributed by atoms with Gasteiger partial charge in [0.2, 0.25) is 0 Å². The first-order chi connectivity index (χ1) is 9.21. The van der Waals surface area contributed by atoms with Gasteiger partial charge in [0.25, 0.3) is 0 Å². The van der Waals surface area contributed by atoms with Crippen LogP contribution in [-0.4, -0.2) is 44.8 Å². The van der Waals surface area contributed by atoms with E-state index in [2.05, 4.69) is 5.32 Å². The van der Waals surface area contributed by atoms with Crippen LogP contribution in [0.5, 0.6) is 5.75 Å². The van der Waals surface area contributed by atoms with E-state index in [1.54, 1.807) is 19.1 Å². The molecule has 1 N–H and O–H groups in total. The van der Waals surface area contributed by atoms with Crippen LogP contribution in [0.3, 0.4) is 0 Å².